The third-order valence-electron chi connectivity index (χ3n) is 3.77. The highest BCUT2D eigenvalue weighted by atomic mass is 127. The third-order valence-corrected chi connectivity index (χ3v) is 4.80. The predicted molar refractivity (Wildman–Crippen MR) is 122 cm³/mol. The Morgan fingerprint density at radius 3 is 2.62 bits per heavy atom. The molecule has 2 aromatic rings. The molecule has 0 aliphatic heterocycles. The van der Waals surface area contributed by atoms with Crippen LogP contribution in [-0.2, 0) is 13.1 Å². The Hall–Kier alpha value is -1.32. The molecule has 0 aliphatic carbocycles. The van der Waals surface area contributed by atoms with E-state index in [1.165, 1.54) is 10.4 Å². The van der Waals surface area contributed by atoms with Crippen LogP contribution in [0.25, 0.3) is 0 Å². The molecule has 0 spiro atoms. The number of nitrogens with zero attached hydrogens (tertiary/aromatic N) is 2. The molecule has 5 nitrogen and oxygen atoms in total. The lowest BCUT2D eigenvalue weighted by Gasteiger charge is -2.13. The number of hydrogen-bond donors (Lipinski definition) is 2. The first kappa shape index (κ1) is 22.7. The van der Waals surface area contributed by atoms with E-state index in [1.54, 1.807) is 18.4 Å². The van der Waals surface area contributed by atoms with Crippen molar-refractivity contribution in [3.05, 3.63) is 51.7 Å². The summed E-state index contributed by atoms with van der Waals surface area (Å²) >= 11 is 1.76. The summed E-state index contributed by atoms with van der Waals surface area (Å²) in [5.74, 6) is 1.70. The fourth-order valence-electron chi connectivity index (χ4n) is 2.25. The molecule has 0 unspecified atom stereocenters. The molecular formula is C19H29IN4OS. The van der Waals surface area contributed by atoms with Crippen molar-refractivity contribution in [2.75, 3.05) is 34.3 Å². The van der Waals surface area contributed by atoms with Gasteiger partial charge in [0.05, 0.1) is 6.54 Å². The Bertz CT molecular complexity index is 688. The summed E-state index contributed by atoms with van der Waals surface area (Å²) in [6, 6.07) is 10.3. The van der Waals surface area contributed by atoms with Crippen molar-refractivity contribution in [3.63, 3.8) is 0 Å². The molecular weight excluding hydrogens is 459 g/mol. The Morgan fingerprint density at radius 1 is 1.19 bits per heavy atom. The van der Waals surface area contributed by atoms with E-state index in [1.807, 2.05) is 26.2 Å². The molecule has 7 heteroatoms. The maximum absolute atomic E-state index is 5.79. The van der Waals surface area contributed by atoms with Crippen LogP contribution in [0.1, 0.15) is 16.0 Å². The first-order valence-corrected chi connectivity index (χ1v) is 9.30. The monoisotopic (exact) mass is 488 g/mol. The van der Waals surface area contributed by atoms with Crippen molar-refractivity contribution in [2.45, 2.75) is 20.0 Å². The van der Waals surface area contributed by atoms with Crippen LogP contribution >= 0.6 is 35.3 Å². The van der Waals surface area contributed by atoms with Gasteiger partial charge in [-0.2, -0.15) is 0 Å². The lowest BCUT2D eigenvalue weighted by atomic mass is 10.2. The highest BCUT2D eigenvalue weighted by Crippen LogP contribution is 2.15. The van der Waals surface area contributed by atoms with E-state index in [2.05, 4.69) is 51.0 Å². The van der Waals surface area contributed by atoms with Crippen molar-refractivity contribution < 1.29 is 4.74 Å². The van der Waals surface area contributed by atoms with Crippen LogP contribution < -0.4 is 15.4 Å². The molecule has 0 bridgehead atoms. The number of ether oxygens (including phenoxy) is 1. The van der Waals surface area contributed by atoms with Crippen LogP contribution in [0.3, 0.4) is 0 Å². The number of aryl methyl sites for hydroxylation is 1. The van der Waals surface area contributed by atoms with Crippen LogP contribution in [0.4, 0.5) is 0 Å². The number of aliphatic imine (C=N–C) groups is 1. The Kier molecular flexibility index (Phi) is 10.6. The first-order valence-electron chi connectivity index (χ1n) is 8.42. The van der Waals surface area contributed by atoms with Crippen LogP contribution in [0.15, 0.2) is 40.7 Å². The summed E-state index contributed by atoms with van der Waals surface area (Å²) in [7, 11) is 5.87. The van der Waals surface area contributed by atoms with Gasteiger partial charge in [0.2, 0.25) is 0 Å². The van der Waals surface area contributed by atoms with E-state index in [4.69, 9.17) is 4.74 Å². The molecule has 26 heavy (non-hydrogen) atoms. The Balaban J connectivity index is 0.00000338. The molecule has 0 fully saturated rings. The number of likely N-dealkylation sites (N-methyl/N-ethyl adjacent to an activating group) is 1. The number of thiophene rings is 1. The van der Waals surface area contributed by atoms with Gasteiger partial charge in [0.25, 0.3) is 0 Å². The highest BCUT2D eigenvalue weighted by molar-refractivity contribution is 14.0. The summed E-state index contributed by atoms with van der Waals surface area (Å²) in [5.41, 5.74) is 2.48. The van der Waals surface area contributed by atoms with E-state index in [9.17, 15) is 0 Å². The smallest absolute Gasteiger partial charge is 0.191 e. The summed E-state index contributed by atoms with van der Waals surface area (Å²) in [4.78, 5) is 7.73. The molecule has 1 aromatic heterocycles. The van der Waals surface area contributed by atoms with Gasteiger partial charge in [-0.05, 0) is 55.7 Å². The number of benzene rings is 1. The standard InChI is InChI=1S/C19H28N4OS.HI/c1-15-8-11-25-18(15)14-22-19(20-2)21-13-16-6-5-7-17(12-16)24-10-9-23(3)4;/h5-8,11-12H,9-10,13-14H2,1-4H3,(H2,20,21,22);1H. The SMILES string of the molecule is CN=C(NCc1cccc(OCCN(C)C)c1)NCc1sccc1C.I. The first-order chi connectivity index (χ1) is 12.1. The zero-order valence-corrected chi connectivity index (χ0v) is 19.1. The van der Waals surface area contributed by atoms with E-state index < -0.39 is 0 Å². The van der Waals surface area contributed by atoms with Gasteiger partial charge in [-0.25, -0.2) is 0 Å². The van der Waals surface area contributed by atoms with Gasteiger partial charge in [0.15, 0.2) is 5.96 Å². The number of guanidine groups is 1. The van der Waals surface area contributed by atoms with E-state index in [-0.39, 0.29) is 24.0 Å². The minimum Gasteiger partial charge on any atom is -0.492 e. The predicted octanol–water partition coefficient (Wildman–Crippen LogP) is 3.48. The quantitative estimate of drug-likeness (QED) is 0.340. The second kappa shape index (κ2) is 12.1. The zero-order valence-electron chi connectivity index (χ0n) is 15.9. The largest absolute Gasteiger partial charge is 0.492 e. The zero-order chi connectivity index (χ0) is 18.1. The summed E-state index contributed by atoms with van der Waals surface area (Å²) in [6.45, 7) is 5.21. The molecule has 144 valence electrons. The van der Waals surface area contributed by atoms with Crippen molar-refractivity contribution >= 4 is 41.3 Å². The van der Waals surface area contributed by atoms with Crippen LogP contribution in [-0.4, -0.2) is 45.2 Å². The van der Waals surface area contributed by atoms with Crippen LogP contribution in [0.5, 0.6) is 5.75 Å². The second-order valence-corrected chi connectivity index (χ2v) is 7.11. The van der Waals surface area contributed by atoms with Crippen LogP contribution in [0.2, 0.25) is 0 Å². The average molecular weight is 488 g/mol. The summed E-state index contributed by atoms with van der Waals surface area (Å²) in [6.07, 6.45) is 0. The number of nitrogens with one attached hydrogen (secondary N) is 2. The van der Waals surface area contributed by atoms with E-state index >= 15 is 0 Å². The van der Waals surface area contributed by atoms with Gasteiger partial charge < -0.3 is 20.3 Å². The van der Waals surface area contributed by atoms with Gasteiger partial charge in [-0.1, -0.05) is 12.1 Å². The van der Waals surface area contributed by atoms with Gasteiger partial charge in [0.1, 0.15) is 12.4 Å². The lowest BCUT2D eigenvalue weighted by Crippen LogP contribution is -2.36. The Morgan fingerprint density at radius 2 is 1.96 bits per heavy atom. The fourth-order valence-corrected chi connectivity index (χ4v) is 3.09. The molecule has 0 radical (unpaired) electrons. The molecule has 0 amide bonds. The van der Waals surface area contributed by atoms with Crippen LogP contribution in [0, 0.1) is 6.92 Å². The average Bonchev–Trinajstić information content (AvgIpc) is 3.00. The van der Waals surface area contributed by atoms with Crippen molar-refractivity contribution in [2.24, 2.45) is 4.99 Å². The van der Waals surface area contributed by atoms with Gasteiger partial charge in [0, 0.05) is 25.0 Å². The minimum atomic E-state index is 0. The molecule has 1 aromatic carbocycles. The third kappa shape index (κ3) is 7.92. The van der Waals surface area contributed by atoms with Gasteiger partial charge in [-0.3, -0.25) is 4.99 Å². The summed E-state index contributed by atoms with van der Waals surface area (Å²) in [5, 5.41) is 8.82. The highest BCUT2D eigenvalue weighted by Gasteiger charge is 2.03. The van der Waals surface area contributed by atoms with Gasteiger partial charge >= 0.3 is 0 Å². The van der Waals surface area contributed by atoms with Crippen molar-refractivity contribution in [1.82, 2.24) is 15.5 Å². The molecule has 0 saturated carbocycles. The van der Waals surface area contributed by atoms with E-state index in [0.717, 1.165) is 30.4 Å². The molecule has 2 N–H and O–H groups in total. The van der Waals surface area contributed by atoms with E-state index in [0.29, 0.717) is 13.2 Å². The number of hydrogen-bond acceptors (Lipinski definition) is 4. The Labute approximate surface area is 177 Å². The normalized spacial score (nSPS) is 11.2. The number of rotatable bonds is 8. The lowest BCUT2D eigenvalue weighted by molar-refractivity contribution is 0.261. The minimum absolute atomic E-state index is 0. The topological polar surface area (TPSA) is 48.9 Å². The molecule has 0 aliphatic rings. The molecule has 0 saturated heterocycles. The molecule has 2 rings (SSSR count). The second-order valence-electron chi connectivity index (χ2n) is 6.11. The fraction of sp³-hybridized carbons (Fsp3) is 0.421. The maximum atomic E-state index is 5.79. The summed E-state index contributed by atoms with van der Waals surface area (Å²) < 4.78 is 5.79. The maximum Gasteiger partial charge on any atom is 0.191 e. The van der Waals surface area contributed by atoms with Crippen molar-refractivity contribution in [1.29, 1.82) is 0 Å². The molecule has 0 atom stereocenters. The molecule has 1 heterocycles. The van der Waals surface area contributed by atoms with Gasteiger partial charge in [-0.15, -0.1) is 35.3 Å². The number of halogens is 1. The van der Waals surface area contributed by atoms with Crippen molar-refractivity contribution in [3.8, 4) is 5.75 Å².